The summed E-state index contributed by atoms with van der Waals surface area (Å²) in [5.41, 5.74) is -0.455. The Hall–Kier alpha value is -0.570. The second-order valence-electron chi connectivity index (χ2n) is 8.41. The lowest BCUT2D eigenvalue weighted by molar-refractivity contribution is -0.858. The Balaban J connectivity index is 4.91. The first-order valence-electron chi connectivity index (χ1n) is 7.26. The van der Waals surface area contributed by atoms with Crippen LogP contribution in [-0.4, -0.2) is 33.2 Å². The molecule has 0 amide bonds. The maximum atomic E-state index is 12.5. The van der Waals surface area contributed by atoms with Gasteiger partial charge in [-0.1, -0.05) is 41.5 Å². The van der Waals surface area contributed by atoms with E-state index < -0.39 is 5.41 Å². The number of quaternary nitrogens is 1. The maximum Gasteiger partial charge on any atom is 0.312 e. The lowest BCUT2D eigenvalue weighted by Crippen LogP contribution is -3.06. The number of likely N-dealkylation sites (N-methyl/N-ethyl adjacent to an activating group) is 1. The van der Waals surface area contributed by atoms with Gasteiger partial charge in [0.2, 0.25) is 0 Å². The fourth-order valence-electron chi connectivity index (χ4n) is 2.21. The van der Waals surface area contributed by atoms with Gasteiger partial charge in [-0.2, -0.15) is 0 Å². The zero-order valence-electron chi connectivity index (χ0n) is 14.4. The predicted molar refractivity (Wildman–Crippen MR) is 80.3 cm³/mol. The van der Waals surface area contributed by atoms with Crippen LogP contribution in [0.2, 0.25) is 0 Å². The molecule has 1 N–H and O–H groups in total. The molecule has 0 aromatic carbocycles. The zero-order chi connectivity index (χ0) is 15.5. The standard InChI is InChI=1S/C16H33NO2/c1-14(2,3)12-16(7,15(4,5)6)13(18)19-11-10-17(8)9/h10-12H2,1-9H3/p+1. The Kier molecular flexibility index (Phi) is 6.07. The van der Waals surface area contributed by atoms with Crippen molar-refractivity contribution in [3.8, 4) is 0 Å². The monoisotopic (exact) mass is 272 g/mol. The molecule has 0 aromatic heterocycles. The summed E-state index contributed by atoms with van der Waals surface area (Å²) in [6.07, 6.45) is 0.831. The van der Waals surface area contributed by atoms with Crippen LogP contribution in [0.4, 0.5) is 0 Å². The first kappa shape index (κ1) is 18.4. The third-order valence-corrected chi connectivity index (χ3v) is 3.82. The Bertz CT molecular complexity index is 297. The normalized spacial score (nSPS) is 16.3. The van der Waals surface area contributed by atoms with Gasteiger partial charge in [0, 0.05) is 0 Å². The predicted octanol–water partition coefficient (Wildman–Crippen LogP) is 2.16. The van der Waals surface area contributed by atoms with E-state index in [0.29, 0.717) is 6.61 Å². The minimum Gasteiger partial charge on any atom is -0.459 e. The molecule has 0 aromatic rings. The van der Waals surface area contributed by atoms with Gasteiger partial charge in [0.25, 0.3) is 0 Å². The summed E-state index contributed by atoms with van der Waals surface area (Å²) in [5, 5.41) is 0. The van der Waals surface area contributed by atoms with E-state index in [1.54, 1.807) is 0 Å². The van der Waals surface area contributed by atoms with E-state index in [4.69, 9.17) is 4.74 Å². The molecule has 0 bridgehead atoms. The Labute approximate surface area is 119 Å². The van der Waals surface area contributed by atoms with Crippen molar-refractivity contribution in [1.82, 2.24) is 0 Å². The number of ether oxygens (including phenoxy) is 1. The number of rotatable bonds is 5. The van der Waals surface area contributed by atoms with E-state index in [-0.39, 0.29) is 16.8 Å². The van der Waals surface area contributed by atoms with Gasteiger partial charge in [-0.15, -0.1) is 0 Å². The summed E-state index contributed by atoms with van der Waals surface area (Å²) < 4.78 is 5.53. The van der Waals surface area contributed by atoms with Gasteiger partial charge in [0.05, 0.1) is 19.5 Å². The Morgan fingerprint density at radius 1 is 1.00 bits per heavy atom. The number of hydrogen-bond acceptors (Lipinski definition) is 2. The lowest BCUT2D eigenvalue weighted by Gasteiger charge is -2.43. The van der Waals surface area contributed by atoms with Crippen LogP contribution < -0.4 is 4.90 Å². The summed E-state index contributed by atoms with van der Waals surface area (Å²) in [7, 11) is 4.12. The molecule has 1 unspecified atom stereocenters. The number of nitrogens with one attached hydrogen (secondary N) is 1. The summed E-state index contributed by atoms with van der Waals surface area (Å²) in [4.78, 5) is 13.8. The number of carbonyl (C=O) groups is 1. The Morgan fingerprint density at radius 3 is 1.79 bits per heavy atom. The van der Waals surface area contributed by atoms with E-state index in [2.05, 4.69) is 55.6 Å². The smallest absolute Gasteiger partial charge is 0.312 e. The van der Waals surface area contributed by atoms with Gasteiger partial charge in [0.1, 0.15) is 13.2 Å². The molecule has 0 spiro atoms. The highest BCUT2D eigenvalue weighted by atomic mass is 16.5. The van der Waals surface area contributed by atoms with Crippen molar-refractivity contribution >= 4 is 5.97 Å². The molecule has 0 heterocycles. The molecule has 0 fully saturated rings. The fourth-order valence-corrected chi connectivity index (χ4v) is 2.21. The van der Waals surface area contributed by atoms with Gasteiger partial charge in [-0.25, -0.2) is 0 Å². The van der Waals surface area contributed by atoms with Crippen LogP contribution in [0.15, 0.2) is 0 Å². The minimum atomic E-state index is -0.451. The molecule has 0 aliphatic rings. The fraction of sp³-hybridized carbons (Fsp3) is 0.938. The van der Waals surface area contributed by atoms with E-state index in [1.807, 2.05) is 6.92 Å². The van der Waals surface area contributed by atoms with Crippen LogP contribution in [0, 0.1) is 16.2 Å². The van der Waals surface area contributed by atoms with Gasteiger partial charge >= 0.3 is 5.97 Å². The van der Waals surface area contributed by atoms with Crippen molar-refractivity contribution < 1.29 is 14.4 Å². The third kappa shape index (κ3) is 5.94. The highest BCUT2D eigenvalue weighted by Gasteiger charge is 2.47. The molecule has 0 saturated carbocycles. The molecule has 0 aliphatic carbocycles. The second kappa shape index (κ2) is 6.25. The van der Waals surface area contributed by atoms with Gasteiger partial charge in [-0.05, 0) is 24.2 Å². The van der Waals surface area contributed by atoms with Crippen LogP contribution in [0.5, 0.6) is 0 Å². The number of esters is 1. The van der Waals surface area contributed by atoms with Crippen LogP contribution in [-0.2, 0) is 9.53 Å². The first-order chi connectivity index (χ1) is 8.29. The quantitative estimate of drug-likeness (QED) is 0.778. The van der Waals surface area contributed by atoms with Gasteiger partial charge < -0.3 is 9.64 Å². The topological polar surface area (TPSA) is 30.7 Å². The van der Waals surface area contributed by atoms with Crippen LogP contribution in [0.1, 0.15) is 54.9 Å². The average molecular weight is 272 g/mol. The van der Waals surface area contributed by atoms with E-state index in [0.717, 1.165) is 13.0 Å². The largest absolute Gasteiger partial charge is 0.459 e. The van der Waals surface area contributed by atoms with Crippen molar-refractivity contribution in [2.75, 3.05) is 27.2 Å². The number of hydrogen-bond donors (Lipinski definition) is 1. The summed E-state index contributed by atoms with van der Waals surface area (Å²) in [6, 6.07) is 0. The van der Waals surface area contributed by atoms with E-state index >= 15 is 0 Å². The molecular weight excluding hydrogens is 238 g/mol. The zero-order valence-corrected chi connectivity index (χ0v) is 14.4. The summed E-state index contributed by atoms with van der Waals surface area (Å²) in [5.74, 6) is -0.0591. The molecule has 3 heteroatoms. The SMILES string of the molecule is C[NH+](C)CCOC(=O)C(C)(CC(C)(C)C)C(C)(C)C. The second-order valence-corrected chi connectivity index (χ2v) is 8.41. The van der Waals surface area contributed by atoms with E-state index in [9.17, 15) is 4.79 Å². The van der Waals surface area contributed by atoms with Gasteiger partial charge in [0.15, 0.2) is 0 Å². The van der Waals surface area contributed by atoms with Crippen LogP contribution in [0.25, 0.3) is 0 Å². The lowest BCUT2D eigenvalue weighted by atomic mass is 9.61. The summed E-state index contributed by atoms with van der Waals surface area (Å²) >= 11 is 0. The van der Waals surface area contributed by atoms with Crippen molar-refractivity contribution in [3.05, 3.63) is 0 Å². The molecule has 114 valence electrons. The molecular formula is C16H34NO2+. The highest BCUT2D eigenvalue weighted by molar-refractivity contribution is 5.77. The Morgan fingerprint density at radius 2 is 1.47 bits per heavy atom. The highest BCUT2D eigenvalue weighted by Crippen LogP contribution is 2.47. The molecule has 1 atom stereocenters. The molecule has 0 saturated heterocycles. The molecule has 3 nitrogen and oxygen atoms in total. The van der Waals surface area contributed by atoms with Gasteiger partial charge in [-0.3, -0.25) is 4.79 Å². The summed E-state index contributed by atoms with van der Waals surface area (Å²) in [6.45, 7) is 16.3. The first-order valence-corrected chi connectivity index (χ1v) is 7.26. The average Bonchev–Trinajstić information content (AvgIpc) is 2.12. The molecule has 0 rings (SSSR count). The van der Waals surface area contributed by atoms with E-state index in [1.165, 1.54) is 4.90 Å². The number of carbonyl (C=O) groups excluding carboxylic acids is 1. The van der Waals surface area contributed by atoms with Crippen molar-refractivity contribution in [3.63, 3.8) is 0 Å². The third-order valence-electron chi connectivity index (χ3n) is 3.82. The van der Waals surface area contributed by atoms with Crippen LogP contribution in [0.3, 0.4) is 0 Å². The molecule has 19 heavy (non-hydrogen) atoms. The molecule has 0 aliphatic heterocycles. The van der Waals surface area contributed by atoms with Crippen molar-refractivity contribution in [1.29, 1.82) is 0 Å². The minimum absolute atomic E-state index is 0.0591. The molecule has 0 radical (unpaired) electrons. The van der Waals surface area contributed by atoms with Crippen molar-refractivity contribution in [2.45, 2.75) is 54.9 Å². The van der Waals surface area contributed by atoms with Crippen molar-refractivity contribution in [2.24, 2.45) is 16.2 Å². The van der Waals surface area contributed by atoms with Crippen LogP contribution >= 0.6 is 0 Å². The maximum absolute atomic E-state index is 12.5.